The second kappa shape index (κ2) is 8.15. The lowest BCUT2D eigenvalue weighted by Crippen LogP contribution is -2.39. The van der Waals surface area contributed by atoms with Gasteiger partial charge in [0.05, 0.1) is 11.5 Å². The molecule has 2 unspecified atom stereocenters. The highest BCUT2D eigenvalue weighted by Gasteiger charge is 2.32. The van der Waals surface area contributed by atoms with Gasteiger partial charge < -0.3 is 15.2 Å². The highest BCUT2D eigenvalue weighted by atomic mass is 35.5. The minimum atomic E-state index is -3.64. The zero-order valence-electron chi connectivity index (χ0n) is 13.9. The number of sulfonamides is 1. The third kappa shape index (κ3) is 4.00. The van der Waals surface area contributed by atoms with Gasteiger partial charge in [-0.25, -0.2) is 13.2 Å². The highest BCUT2D eigenvalue weighted by molar-refractivity contribution is 7.89. The van der Waals surface area contributed by atoms with Crippen LogP contribution >= 0.6 is 12.4 Å². The number of halogens is 1. The minimum Gasteiger partial charge on any atom is -0.478 e. The molecule has 0 aromatic heterocycles. The van der Waals surface area contributed by atoms with E-state index in [-0.39, 0.29) is 36.5 Å². The Bertz CT molecular complexity index is 695. The second-order valence-electron chi connectivity index (χ2n) is 5.44. The topological polar surface area (TPSA) is 98.9 Å². The molecule has 2 N–H and O–H groups in total. The number of nitrogens with two attached hydrogens (primary N) is 1. The van der Waals surface area contributed by atoms with Crippen molar-refractivity contribution in [1.29, 1.82) is 0 Å². The number of ether oxygens (including phenoxy) is 2. The summed E-state index contributed by atoms with van der Waals surface area (Å²) >= 11 is 0. The molecule has 2 atom stereocenters. The molecule has 0 amide bonds. The first-order valence-electron chi connectivity index (χ1n) is 7.45. The molecule has 0 saturated heterocycles. The van der Waals surface area contributed by atoms with Gasteiger partial charge >= 0.3 is 5.97 Å². The molecule has 9 heteroatoms. The van der Waals surface area contributed by atoms with Crippen LogP contribution in [0, 0.1) is 0 Å². The molecule has 1 aliphatic heterocycles. The molecule has 136 valence electrons. The Balaban J connectivity index is 0.00000288. The van der Waals surface area contributed by atoms with Crippen LogP contribution < -0.4 is 10.5 Å². The Morgan fingerprint density at radius 2 is 2.17 bits per heavy atom. The van der Waals surface area contributed by atoms with Crippen LogP contribution in [0.15, 0.2) is 23.1 Å². The number of benzene rings is 1. The fraction of sp³-hybridized carbons (Fsp3) is 0.533. The summed E-state index contributed by atoms with van der Waals surface area (Å²) in [6.07, 6.45) is -0.420. The molecule has 7 nitrogen and oxygen atoms in total. The summed E-state index contributed by atoms with van der Waals surface area (Å²) in [7, 11) is -2.14. The number of hydrogen-bond acceptors (Lipinski definition) is 6. The summed E-state index contributed by atoms with van der Waals surface area (Å²) in [5.74, 6) is 0.0681. The summed E-state index contributed by atoms with van der Waals surface area (Å²) in [5, 5.41) is 0. The SMILES string of the molecule is CCOC(=O)C1Cc2cc(S(=O)(=O)N(C)C(C)CN)ccc2O1.Cl. The molecule has 0 aliphatic carbocycles. The molecule has 0 saturated carbocycles. The molecule has 0 radical (unpaired) electrons. The van der Waals surface area contributed by atoms with Crippen LogP contribution in [-0.4, -0.2) is 51.0 Å². The van der Waals surface area contributed by atoms with Crippen LogP contribution in [0.25, 0.3) is 0 Å². The number of nitrogens with zero attached hydrogens (tertiary/aromatic N) is 1. The van der Waals surface area contributed by atoms with Gasteiger partial charge in [-0.2, -0.15) is 4.31 Å². The number of fused-ring (bicyclic) bond motifs is 1. The second-order valence-corrected chi connectivity index (χ2v) is 7.44. The fourth-order valence-electron chi connectivity index (χ4n) is 2.30. The van der Waals surface area contributed by atoms with Crippen molar-refractivity contribution in [3.8, 4) is 5.75 Å². The summed E-state index contributed by atoms with van der Waals surface area (Å²) in [5.41, 5.74) is 6.22. The molecular weight excluding hydrogens is 356 g/mol. The van der Waals surface area contributed by atoms with Crippen LogP contribution in [0.5, 0.6) is 5.75 Å². The molecule has 0 fully saturated rings. The van der Waals surface area contributed by atoms with Crippen molar-refractivity contribution in [1.82, 2.24) is 4.31 Å². The maximum Gasteiger partial charge on any atom is 0.347 e. The predicted molar refractivity (Wildman–Crippen MR) is 91.9 cm³/mol. The Morgan fingerprint density at radius 1 is 1.50 bits per heavy atom. The van der Waals surface area contributed by atoms with E-state index in [9.17, 15) is 13.2 Å². The van der Waals surface area contributed by atoms with Crippen molar-refractivity contribution in [2.75, 3.05) is 20.2 Å². The smallest absolute Gasteiger partial charge is 0.347 e. The first-order valence-corrected chi connectivity index (χ1v) is 8.89. The van der Waals surface area contributed by atoms with E-state index in [1.165, 1.54) is 17.4 Å². The molecular formula is C15H23ClN2O5S. The minimum absolute atomic E-state index is 0. The van der Waals surface area contributed by atoms with Gasteiger partial charge in [-0.15, -0.1) is 12.4 Å². The van der Waals surface area contributed by atoms with Crippen molar-refractivity contribution in [3.63, 3.8) is 0 Å². The van der Waals surface area contributed by atoms with E-state index in [1.807, 2.05) is 0 Å². The average molecular weight is 379 g/mol. The predicted octanol–water partition coefficient (Wildman–Crippen LogP) is 0.943. The number of carbonyl (C=O) groups is 1. The number of likely N-dealkylation sites (N-methyl/N-ethyl adjacent to an activating group) is 1. The maximum absolute atomic E-state index is 12.6. The quantitative estimate of drug-likeness (QED) is 0.740. The van der Waals surface area contributed by atoms with Gasteiger partial charge in [-0.1, -0.05) is 0 Å². The summed E-state index contributed by atoms with van der Waals surface area (Å²) in [6.45, 7) is 3.97. The number of esters is 1. The molecule has 24 heavy (non-hydrogen) atoms. The largest absolute Gasteiger partial charge is 0.478 e. The number of carbonyl (C=O) groups excluding carboxylic acids is 1. The Labute approximate surface area is 148 Å². The average Bonchev–Trinajstić information content (AvgIpc) is 2.96. The van der Waals surface area contributed by atoms with E-state index >= 15 is 0 Å². The van der Waals surface area contributed by atoms with Crippen LogP contribution in [0.1, 0.15) is 19.4 Å². The molecule has 2 rings (SSSR count). The lowest BCUT2D eigenvalue weighted by Gasteiger charge is -2.23. The third-order valence-corrected chi connectivity index (χ3v) is 5.86. The first-order chi connectivity index (χ1) is 10.8. The van der Waals surface area contributed by atoms with Crippen LogP contribution in [0.4, 0.5) is 0 Å². The summed E-state index contributed by atoms with van der Waals surface area (Å²) in [6, 6.07) is 4.28. The zero-order valence-corrected chi connectivity index (χ0v) is 15.5. The van der Waals surface area contributed by atoms with Crippen LogP contribution in [-0.2, 0) is 26.0 Å². The van der Waals surface area contributed by atoms with Gasteiger partial charge in [0.1, 0.15) is 5.75 Å². The van der Waals surface area contributed by atoms with Gasteiger partial charge in [0, 0.05) is 26.1 Å². The van der Waals surface area contributed by atoms with Gasteiger partial charge in [0.2, 0.25) is 10.0 Å². The van der Waals surface area contributed by atoms with Crippen molar-refractivity contribution in [2.24, 2.45) is 5.73 Å². The Morgan fingerprint density at radius 3 is 2.75 bits per heavy atom. The van der Waals surface area contributed by atoms with Crippen molar-refractivity contribution < 1.29 is 22.7 Å². The standard InChI is InChI=1S/C15H22N2O5S.ClH/c1-4-21-15(18)14-8-11-7-12(5-6-13(11)22-14)23(19,20)17(3)10(2)9-16;/h5-7,10,14H,4,8-9,16H2,1-3H3;1H. The molecule has 0 bridgehead atoms. The summed E-state index contributed by atoms with van der Waals surface area (Å²) < 4.78 is 36.9. The van der Waals surface area contributed by atoms with Gasteiger partial charge in [0.25, 0.3) is 0 Å². The third-order valence-electron chi connectivity index (χ3n) is 3.89. The normalized spacial score (nSPS) is 17.6. The fourth-order valence-corrected chi connectivity index (χ4v) is 3.73. The zero-order chi connectivity index (χ0) is 17.2. The summed E-state index contributed by atoms with van der Waals surface area (Å²) in [4.78, 5) is 11.9. The van der Waals surface area contributed by atoms with E-state index in [2.05, 4.69) is 0 Å². The van der Waals surface area contributed by atoms with Crippen molar-refractivity contribution in [2.45, 2.75) is 37.3 Å². The highest BCUT2D eigenvalue weighted by Crippen LogP contribution is 2.32. The van der Waals surface area contributed by atoms with Gasteiger partial charge in [0.15, 0.2) is 6.10 Å². The molecule has 1 aromatic rings. The number of rotatable bonds is 6. The Kier molecular flexibility index (Phi) is 7.03. The van der Waals surface area contributed by atoms with Crippen molar-refractivity contribution >= 4 is 28.4 Å². The Hall–Kier alpha value is -1.35. The van der Waals surface area contributed by atoms with E-state index in [0.29, 0.717) is 17.7 Å². The number of hydrogen-bond donors (Lipinski definition) is 1. The van der Waals surface area contributed by atoms with Crippen molar-refractivity contribution in [3.05, 3.63) is 23.8 Å². The van der Waals surface area contributed by atoms with Crippen LogP contribution in [0.3, 0.4) is 0 Å². The lowest BCUT2D eigenvalue weighted by molar-refractivity contribution is -0.150. The molecule has 0 spiro atoms. The first kappa shape index (κ1) is 20.7. The maximum atomic E-state index is 12.6. The van der Waals surface area contributed by atoms with E-state index in [4.69, 9.17) is 15.2 Å². The monoisotopic (exact) mass is 378 g/mol. The molecule has 1 aromatic carbocycles. The van der Waals surface area contributed by atoms with E-state index < -0.39 is 22.1 Å². The van der Waals surface area contributed by atoms with Gasteiger partial charge in [-0.05, 0) is 37.6 Å². The molecule has 1 aliphatic rings. The van der Waals surface area contributed by atoms with E-state index in [1.54, 1.807) is 26.0 Å². The molecule has 1 heterocycles. The van der Waals surface area contributed by atoms with Gasteiger partial charge in [-0.3, -0.25) is 0 Å². The van der Waals surface area contributed by atoms with Crippen LogP contribution in [0.2, 0.25) is 0 Å². The van der Waals surface area contributed by atoms with E-state index in [0.717, 1.165) is 0 Å². The lowest BCUT2D eigenvalue weighted by atomic mass is 10.1.